The second-order valence-corrected chi connectivity index (χ2v) is 4.89. The Bertz CT molecular complexity index is 892. The van der Waals surface area contributed by atoms with E-state index in [1.807, 2.05) is 0 Å². The lowest BCUT2D eigenvalue weighted by Gasteiger charge is -2.08. The van der Waals surface area contributed by atoms with Crippen LogP contribution < -0.4 is 5.32 Å². The van der Waals surface area contributed by atoms with Crippen LogP contribution in [0.4, 0.5) is 15.8 Å². The second-order valence-electron chi connectivity index (χ2n) is 4.89. The smallest absolute Gasteiger partial charge is 0.269 e. The maximum atomic E-state index is 14.1. The van der Waals surface area contributed by atoms with E-state index in [2.05, 4.69) is 10.3 Å². The van der Waals surface area contributed by atoms with Gasteiger partial charge in [-0.15, -0.1) is 0 Å². The highest BCUT2D eigenvalue weighted by atomic mass is 19.1. The van der Waals surface area contributed by atoms with Gasteiger partial charge in [0.1, 0.15) is 5.82 Å². The molecule has 1 aromatic heterocycles. The number of carbonyl (C=O) groups is 1. The van der Waals surface area contributed by atoms with E-state index in [-0.39, 0.29) is 16.9 Å². The van der Waals surface area contributed by atoms with Crippen LogP contribution in [0.5, 0.6) is 0 Å². The van der Waals surface area contributed by atoms with Crippen molar-refractivity contribution < 1.29 is 14.1 Å². The molecule has 0 radical (unpaired) electrons. The number of non-ortho nitro benzene ring substituents is 1. The Labute approximate surface area is 135 Å². The minimum Gasteiger partial charge on any atom is -0.322 e. The molecule has 8 heteroatoms. The monoisotopic (exact) mass is 326 g/mol. The van der Waals surface area contributed by atoms with Crippen LogP contribution in [0.15, 0.2) is 61.2 Å². The van der Waals surface area contributed by atoms with Gasteiger partial charge in [-0.05, 0) is 30.3 Å². The van der Waals surface area contributed by atoms with Crippen molar-refractivity contribution in [1.29, 1.82) is 0 Å². The topological polar surface area (TPSA) is 90.1 Å². The zero-order valence-corrected chi connectivity index (χ0v) is 12.2. The maximum Gasteiger partial charge on any atom is 0.269 e. The summed E-state index contributed by atoms with van der Waals surface area (Å²) in [7, 11) is 0. The average molecular weight is 326 g/mol. The fourth-order valence-corrected chi connectivity index (χ4v) is 2.13. The minimum absolute atomic E-state index is 0.109. The van der Waals surface area contributed by atoms with Crippen LogP contribution in [-0.2, 0) is 0 Å². The molecule has 0 aliphatic rings. The number of anilines is 1. The standard InChI is InChI=1S/C16H11FN4O3/c17-14-9-12(3-6-15(14)20-8-7-18-10-20)19-16(22)11-1-4-13(5-2-11)21(23)24/h1-10H,(H,19,22). The molecule has 0 saturated carbocycles. The lowest BCUT2D eigenvalue weighted by atomic mass is 10.2. The molecule has 24 heavy (non-hydrogen) atoms. The predicted molar refractivity (Wildman–Crippen MR) is 84.6 cm³/mol. The van der Waals surface area contributed by atoms with Gasteiger partial charge in [0.15, 0.2) is 0 Å². The molecule has 0 aliphatic carbocycles. The van der Waals surface area contributed by atoms with Gasteiger partial charge in [0, 0.05) is 35.8 Å². The molecule has 3 rings (SSSR count). The van der Waals surface area contributed by atoms with Gasteiger partial charge >= 0.3 is 0 Å². The van der Waals surface area contributed by atoms with Crippen molar-refractivity contribution in [2.24, 2.45) is 0 Å². The number of nitrogens with one attached hydrogen (secondary N) is 1. The minimum atomic E-state index is -0.550. The van der Waals surface area contributed by atoms with Crippen LogP contribution in [0.25, 0.3) is 5.69 Å². The number of benzene rings is 2. The molecular weight excluding hydrogens is 315 g/mol. The van der Waals surface area contributed by atoms with E-state index in [0.717, 1.165) is 0 Å². The number of hydrogen-bond donors (Lipinski definition) is 1. The van der Waals surface area contributed by atoms with E-state index < -0.39 is 16.6 Å². The van der Waals surface area contributed by atoms with Gasteiger partial charge in [-0.3, -0.25) is 14.9 Å². The SMILES string of the molecule is O=C(Nc1ccc(-n2ccnc2)c(F)c1)c1ccc([N+](=O)[O-])cc1. The second kappa shape index (κ2) is 6.29. The summed E-state index contributed by atoms with van der Waals surface area (Å²) in [6, 6.07) is 9.41. The molecular formula is C16H11FN4O3. The van der Waals surface area contributed by atoms with Gasteiger partial charge in [0.2, 0.25) is 0 Å². The van der Waals surface area contributed by atoms with Crippen molar-refractivity contribution in [2.45, 2.75) is 0 Å². The quantitative estimate of drug-likeness (QED) is 0.589. The van der Waals surface area contributed by atoms with Gasteiger partial charge in [0.05, 0.1) is 16.9 Å². The predicted octanol–water partition coefficient (Wildman–Crippen LogP) is 3.17. The number of rotatable bonds is 4. The molecule has 0 atom stereocenters. The Morgan fingerprint density at radius 3 is 2.54 bits per heavy atom. The van der Waals surface area contributed by atoms with E-state index >= 15 is 0 Å². The lowest BCUT2D eigenvalue weighted by Crippen LogP contribution is -2.12. The number of amides is 1. The third kappa shape index (κ3) is 3.12. The van der Waals surface area contributed by atoms with Crippen molar-refractivity contribution in [3.8, 4) is 5.69 Å². The normalized spacial score (nSPS) is 10.4. The lowest BCUT2D eigenvalue weighted by molar-refractivity contribution is -0.384. The fourth-order valence-electron chi connectivity index (χ4n) is 2.13. The zero-order valence-electron chi connectivity index (χ0n) is 12.2. The summed E-state index contributed by atoms with van der Waals surface area (Å²) in [4.78, 5) is 26.0. The van der Waals surface area contributed by atoms with Crippen molar-refractivity contribution in [3.05, 3.63) is 82.7 Å². The van der Waals surface area contributed by atoms with E-state index in [9.17, 15) is 19.3 Å². The summed E-state index contributed by atoms with van der Waals surface area (Å²) < 4.78 is 15.6. The van der Waals surface area contributed by atoms with Gasteiger partial charge in [-0.2, -0.15) is 0 Å². The number of hydrogen-bond acceptors (Lipinski definition) is 4. The van der Waals surface area contributed by atoms with Gasteiger partial charge in [-0.1, -0.05) is 0 Å². The molecule has 2 aromatic carbocycles. The summed E-state index contributed by atoms with van der Waals surface area (Å²) >= 11 is 0. The average Bonchev–Trinajstić information content (AvgIpc) is 3.09. The summed E-state index contributed by atoms with van der Waals surface area (Å²) in [6.07, 6.45) is 4.60. The van der Waals surface area contributed by atoms with Crippen molar-refractivity contribution in [2.75, 3.05) is 5.32 Å². The van der Waals surface area contributed by atoms with Crippen molar-refractivity contribution in [1.82, 2.24) is 9.55 Å². The fraction of sp³-hybridized carbons (Fsp3) is 0. The van der Waals surface area contributed by atoms with Crippen LogP contribution >= 0.6 is 0 Å². The molecule has 0 fully saturated rings. The summed E-state index contributed by atoms with van der Waals surface area (Å²) in [5.74, 6) is -1.01. The first-order valence-electron chi connectivity index (χ1n) is 6.88. The maximum absolute atomic E-state index is 14.1. The van der Waals surface area contributed by atoms with E-state index in [0.29, 0.717) is 5.69 Å². The third-order valence-corrected chi connectivity index (χ3v) is 3.33. The number of nitro groups is 1. The van der Waals surface area contributed by atoms with Gasteiger partial charge in [0.25, 0.3) is 11.6 Å². The first-order chi connectivity index (χ1) is 11.5. The number of halogens is 1. The van der Waals surface area contributed by atoms with E-state index in [1.54, 1.807) is 12.3 Å². The first-order valence-corrected chi connectivity index (χ1v) is 6.88. The molecule has 1 N–H and O–H groups in total. The number of aromatic nitrogens is 2. The van der Waals surface area contributed by atoms with Crippen LogP contribution in [0.2, 0.25) is 0 Å². The zero-order chi connectivity index (χ0) is 17.1. The Kier molecular flexibility index (Phi) is 4.02. The largest absolute Gasteiger partial charge is 0.322 e. The van der Waals surface area contributed by atoms with Crippen LogP contribution in [0.3, 0.4) is 0 Å². The molecule has 3 aromatic rings. The molecule has 0 aliphatic heterocycles. The molecule has 7 nitrogen and oxygen atoms in total. The first kappa shape index (κ1) is 15.3. The molecule has 1 amide bonds. The van der Waals surface area contributed by atoms with Gasteiger partial charge < -0.3 is 9.88 Å². The molecule has 120 valence electrons. The Morgan fingerprint density at radius 2 is 1.96 bits per heavy atom. The summed E-state index contributed by atoms with van der Waals surface area (Å²) in [6.45, 7) is 0. The molecule has 0 bridgehead atoms. The molecule has 0 saturated heterocycles. The Hall–Kier alpha value is -3.55. The van der Waals surface area contributed by atoms with Gasteiger partial charge in [-0.25, -0.2) is 9.37 Å². The van der Waals surface area contributed by atoms with E-state index in [1.165, 1.54) is 53.5 Å². The summed E-state index contributed by atoms with van der Waals surface area (Å²) in [5.41, 5.74) is 0.711. The number of nitro benzene ring substituents is 1. The van der Waals surface area contributed by atoms with Crippen LogP contribution in [0, 0.1) is 15.9 Å². The summed E-state index contributed by atoms with van der Waals surface area (Å²) in [5, 5.41) is 13.1. The number of imidazole rings is 1. The molecule has 0 spiro atoms. The van der Waals surface area contributed by atoms with Crippen LogP contribution in [0.1, 0.15) is 10.4 Å². The highest BCUT2D eigenvalue weighted by Gasteiger charge is 2.11. The number of nitrogens with zero attached hydrogens (tertiary/aromatic N) is 3. The number of carbonyl (C=O) groups excluding carboxylic acids is 1. The molecule has 1 heterocycles. The van der Waals surface area contributed by atoms with E-state index in [4.69, 9.17) is 0 Å². The van der Waals surface area contributed by atoms with Crippen molar-refractivity contribution in [3.63, 3.8) is 0 Å². The third-order valence-electron chi connectivity index (χ3n) is 3.33. The highest BCUT2D eigenvalue weighted by molar-refractivity contribution is 6.04. The highest BCUT2D eigenvalue weighted by Crippen LogP contribution is 2.19. The Morgan fingerprint density at radius 1 is 1.21 bits per heavy atom. The van der Waals surface area contributed by atoms with Crippen LogP contribution in [-0.4, -0.2) is 20.4 Å². The van der Waals surface area contributed by atoms with Crippen molar-refractivity contribution >= 4 is 17.3 Å². The molecule has 0 unspecified atom stereocenters. The Balaban J connectivity index is 1.77.